The molecule has 7 heteroatoms. The number of halogens is 3. The average Bonchev–Trinajstić information content (AvgIpc) is 2.48. The molecule has 4 nitrogen and oxygen atoms in total. The first-order chi connectivity index (χ1) is 7.22. The predicted octanol–water partition coefficient (Wildman–Crippen LogP) is 0.122. The lowest BCUT2D eigenvalue weighted by Crippen LogP contribution is -2.46. The van der Waals surface area contributed by atoms with E-state index in [4.69, 9.17) is 0 Å². The molecule has 0 radical (unpaired) electrons. The van der Waals surface area contributed by atoms with E-state index in [1.807, 2.05) is 0 Å². The third-order valence-corrected chi connectivity index (χ3v) is 2.53. The minimum absolute atomic E-state index is 0.0745. The molecule has 1 atom stereocenters. The van der Waals surface area contributed by atoms with Crippen LogP contribution in [0.15, 0.2) is 0 Å². The van der Waals surface area contributed by atoms with Gasteiger partial charge in [-0.2, -0.15) is 13.2 Å². The Kier molecular flexibility index (Phi) is 3.80. The van der Waals surface area contributed by atoms with E-state index in [0.717, 1.165) is 4.90 Å². The molecule has 1 unspecified atom stereocenters. The van der Waals surface area contributed by atoms with E-state index in [0.29, 0.717) is 19.5 Å². The van der Waals surface area contributed by atoms with Gasteiger partial charge in [0.25, 0.3) is 0 Å². The SMILES string of the molecule is CN(CC1(O)CCNC1)C(=O)CC(F)(F)F. The van der Waals surface area contributed by atoms with Gasteiger partial charge in [-0.1, -0.05) is 0 Å². The molecule has 0 aliphatic carbocycles. The summed E-state index contributed by atoms with van der Waals surface area (Å²) >= 11 is 0. The first-order valence-corrected chi connectivity index (χ1v) is 4.96. The number of hydrogen-bond acceptors (Lipinski definition) is 3. The zero-order chi connectivity index (χ0) is 12.4. The first kappa shape index (κ1) is 13.2. The Morgan fingerprint density at radius 3 is 2.62 bits per heavy atom. The van der Waals surface area contributed by atoms with Gasteiger partial charge in [0.1, 0.15) is 6.42 Å². The monoisotopic (exact) mass is 240 g/mol. The molecule has 0 aromatic rings. The van der Waals surface area contributed by atoms with Crippen molar-refractivity contribution < 1.29 is 23.1 Å². The summed E-state index contributed by atoms with van der Waals surface area (Å²) in [7, 11) is 1.27. The van der Waals surface area contributed by atoms with Crippen LogP contribution in [-0.4, -0.2) is 54.4 Å². The van der Waals surface area contributed by atoms with Crippen LogP contribution < -0.4 is 5.32 Å². The van der Waals surface area contributed by atoms with Crippen LogP contribution in [0.3, 0.4) is 0 Å². The minimum Gasteiger partial charge on any atom is -0.387 e. The van der Waals surface area contributed by atoms with Gasteiger partial charge >= 0.3 is 6.18 Å². The van der Waals surface area contributed by atoms with Crippen LogP contribution in [0.1, 0.15) is 12.8 Å². The van der Waals surface area contributed by atoms with E-state index in [-0.39, 0.29) is 6.54 Å². The number of rotatable bonds is 3. The maximum Gasteiger partial charge on any atom is 0.397 e. The third kappa shape index (κ3) is 3.97. The number of carbonyl (C=O) groups is 1. The fourth-order valence-corrected chi connectivity index (χ4v) is 1.70. The number of hydrogen-bond donors (Lipinski definition) is 2. The Hall–Kier alpha value is -0.820. The molecule has 2 N–H and O–H groups in total. The molecule has 1 heterocycles. The second-order valence-electron chi connectivity index (χ2n) is 4.19. The Morgan fingerprint density at radius 1 is 1.56 bits per heavy atom. The number of likely N-dealkylation sites (N-methyl/N-ethyl adjacent to an activating group) is 1. The highest BCUT2D eigenvalue weighted by Gasteiger charge is 2.37. The molecule has 0 aromatic heterocycles. The van der Waals surface area contributed by atoms with Crippen molar-refractivity contribution in [2.75, 3.05) is 26.7 Å². The average molecular weight is 240 g/mol. The number of β-amino-alcohol motifs (C(OH)–C–C–N with tert-alkyl or cyclic N) is 1. The maximum absolute atomic E-state index is 12.0. The summed E-state index contributed by atoms with van der Waals surface area (Å²) in [6.45, 7) is 0.837. The lowest BCUT2D eigenvalue weighted by atomic mass is 10.0. The van der Waals surface area contributed by atoms with Gasteiger partial charge in [-0.05, 0) is 13.0 Å². The van der Waals surface area contributed by atoms with Crippen molar-refractivity contribution in [1.82, 2.24) is 10.2 Å². The van der Waals surface area contributed by atoms with E-state index in [1.165, 1.54) is 7.05 Å². The van der Waals surface area contributed by atoms with Crippen LogP contribution in [0.25, 0.3) is 0 Å². The summed E-state index contributed by atoms with van der Waals surface area (Å²) in [6, 6.07) is 0. The fourth-order valence-electron chi connectivity index (χ4n) is 1.70. The lowest BCUT2D eigenvalue weighted by molar-refractivity contribution is -0.162. The second-order valence-corrected chi connectivity index (χ2v) is 4.19. The third-order valence-electron chi connectivity index (χ3n) is 2.53. The number of alkyl halides is 3. The topological polar surface area (TPSA) is 52.6 Å². The molecule has 0 bridgehead atoms. The highest BCUT2D eigenvalue weighted by atomic mass is 19.4. The van der Waals surface area contributed by atoms with E-state index in [1.54, 1.807) is 0 Å². The molecule has 1 saturated heterocycles. The Labute approximate surface area is 91.4 Å². The normalized spacial score (nSPS) is 25.8. The Balaban J connectivity index is 2.45. The number of aliphatic hydroxyl groups is 1. The zero-order valence-electron chi connectivity index (χ0n) is 8.97. The molecule has 1 fully saturated rings. The predicted molar refractivity (Wildman–Crippen MR) is 50.7 cm³/mol. The second kappa shape index (κ2) is 4.58. The minimum atomic E-state index is -4.50. The van der Waals surface area contributed by atoms with E-state index >= 15 is 0 Å². The molecule has 0 saturated carbocycles. The van der Waals surface area contributed by atoms with Crippen LogP contribution in [0.2, 0.25) is 0 Å². The number of carbonyl (C=O) groups excluding carboxylic acids is 1. The molecule has 16 heavy (non-hydrogen) atoms. The van der Waals surface area contributed by atoms with E-state index in [9.17, 15) is 23.1 Å². The molecule has 94 valence electrons. The van der Waals surface area contributed by atoms with Gasteiger partial charge < -0.3 is 15.3 Å². The quantitative estimate of drug-likeness (QED) is 0.737. The number of nitrogens with one attached hydrogen (secondary N) is 1. The van der Waals surface area contributed by atoms with Gasteiger partial charge in [-0.15, -0.1) is 0 Å². The van der Waals surface area contributed by atoms with E-state index < -0.39 is 24.1 Å². The Bertz CT molecular complexity index is 262. The summed E-state index contributed by atoms with van der Waals surface area (Å²) in [6.07, 6.45) is -5.54. The number of nitrogens with zero attached hydrogens (tertiary/aromatic N) is 1. The molecule has 1 aliphatic rings. The van der Waals surface area contributed by atoms with Gasteiger partial charge in [-0.25, -0.2) is 0 Å². The standard InChI is InChI=1S/C9H15F3N2O2/c1-14(7(15)4-9(10,11)12)6-8(16)2-3-13-5-8/h13,16H,2-6H2,1H3. The highest BCUT2D eigenvalue weighted by molar-refractivity contribution is 5.76. The fraction of sp³-hybridized carbons (Fsp3) is 0.889. The largest absolute Gasteiger partial charge is 0.397 e. The van der Waals surface area contributed by atoms with E-state index in [2.05, 4.69) is 5.32 Å². The maximum atomic E-state index is 12.0. The first-order valence-electron chi connectivity index (χ1n) is 4.96. The molecular weight excluding hydrogens is 225 g/mol. The van der Waals surface area contributed by atoms with Gasteiger partial charge in [0, 0.05) is 13.6 Å². The smallest absolute Gasteiger partial charge is 0.387 e. The van der Waals surface area contributed by atoms with Crippen molar-refractivity contribution in [1.29, 1.82) is 0 Å². The molecular formula is C9H15F3N2O2. The van der Waals surface area contributed by atoms with Crippen LogP contribution in [0, 0.1) is 0 Å². The summed E-state index contributed by atoms with van der Waals surface area (Å²) in [5, 5.41) is 12.8. The summed E-state index contributed by atoms with van der Waals surface area (Å²) in [4.78, 5) is 12.1. The van der Waals surface area contributed by atoms with Crippen molar-refractivity contribution in [3.05, 3.63) is 0 Å². The van der Waals surface area contributed by atoms with Gasteiger partial charge in [0.15, 0.2) is 0 Å². The Morgan fingerprint density at radius 2 is 2.19 bits per heavy atom. The van der Waals surface area contributed by atoms with Crippen molar-refractivity contribution in [3.63, 3.8) is 0 Å². The molecule has 0 aromatic carbocycles. The van der Waals surface area contributed by atoms with Crippen LogP contribution in [0.5, 0.6) is 0 Å². The molecule has 1 amide bonds. The zero-order valence-corrected chi connectivity index (χ0v) is 8.97. The van der Waals surface area contributed by atoms with Gasteiger partial charge in [0.05, 0.1) is 12.1 Å². The summed E-state index contributed by atoms with van der Waals surface area (Å²) < 4.78 is 35.9. The summed E-state index contributed by atoms with van der Waals surface area (Å²) in [5.41, 5.74) is -1.10. The molecule has 0 spiro atoms. The van der Waals surface area contributed by atoms with Crippen molar-refractivity contribution >= 4 is 5.91 Å². The van der Waals surface area contributed by atoms with Gasteiger partial charge in [0.2, 0.25) is 5.91 Å². The van der Waals surface area contributed by atoms with Crippen molar-refractivity contribution in [2.45, 2.75) is 24.6 Å². The number of amides is 1. The summed E-state index contributed by atoms with van der Waals surface area (Å²) in [5.74, 6) is -1.02. The molecule has 1 aliphatic heterocycles. The highest BCUT2D eigenvalue weighted by Crippen LogP contribution is 2.22. The van der Waals surface area contributed by atoms with Crippen molar-refractivity contribution in [2.24, 2.45) is 0 Å². The lowest BCUT2D eigenvalue weighted by Gasteiger charge is -2.28. The van der Waals surface area contributed by atoms with Crippen LogP contribution >= 0.6 is 0 Å². The van der Waals surface area contributed by atoms with Crippen molar-refractivity contribution in [3.8, 4) is 0 Å². The molecule has 1 rings (SSSR count). The van der Waals surface area contributed by atoms with Crippen LogP contribution in [-0.2, 0) is 4.79 Å². The van der Waals surface area contributed by atoms with Crippen LogP contribution in [0.4, 0.5) is 13.2 Å². The van der Waals surface area contributed by atoms with Gasteiger partial charge in [-0.3, -0.25) is 4.79 Å².